The fraction of sp³-hybridized carbons (Fsp3) is 0.100. The first kappa shape index (κ1) is 9.33. The summed E-state index contributed by atoms with van der Waals surface area (Å²) in [5.74, 6) is 0.271. The Morgan fingerprint density at radius 2 is 2.17 bits per heavy atom. The van der Waals surface area contributed by atoms with Crippen molar-refractivity contribution < 1.29 is 5.11 Å². The van der Waals surface area contributed by atoms with Crippen LogP contribution in [0.5, 0.6) is 5.75 Å². The molecule has 2 heteroatoms. The Kier molecular flexibility index (Phi) is 3.35. The second kappa shape index (κ2) is 4.31. The van der Waals surface area contributed by atoms with Gasteiger partial charge < -0.3 is 5.11 Å². The molecule has 0 atom stereocenters. The van der Waals surface area contributed by atoms with Crippen LogP contribution in [-0.2, 0) is 0 Å². The van der Waals surface area contributed by atoms with Gasteiger partial charge in [0, 0.05) is 4.47 Å². The molecule has 1 nitrogen and oxygen atoms in total. The summed E-state index contributed by atoms with van der Waals surface area (Å²) in [6.45, 7) is 3.68. The predicted molar refractivity (Wildman–Crippen MR) is 54.8 cm³/mol. The van der Waals surface area contributed by atoms with Gasteiger partial charge in [0.1, 0.15) is 5.75 Å². The zero-order valence-corrected chi connectivity index (χ0v) is 8.21. The van der Waals surface area contributed by atoms with Gasteiger partial charge in [-0.15, -0.1) is 0 Å². The van der Waals surface area contributed by atoms with E-state index in [-0.39, 0.29) is 5.75 Å². The van der Waals surface area contributed by atoms with E-state index in [1.807, 2.05) is 18.2 Å². The second-order valence-corrected chi connectivity index (χ2v) is 3.35. The smallest absolute Gasteiger partial charge is 0.117 e. The number of benzene rings is 1. The lowest BCUT2D eigenvalue weighted by molar-refractivity contribution is 0.475. The van der Waals surface area contributed by atoms with Crippen molar-refractivity contribution >= 4 is 22.0 Å². The topological polar surface area (TPSA) is 20.2 Å². The first-order valence-electron chi connectivity index (χ1n) is 3.67. The normalized spacial score (nSPS) is 10.8. The van der Waals surface area contributed by atoms with E-state index in [1.54, 1.807) is 12.1 Å². The number of phenolic OH excluding ortho intramolecular Hbond substituents is 1. The zero-order valence-electron chi connectivity index (χ0n) is 6.63. The quantitative estimate of drug-likeness (QED) is 0.819. The summed E-state index contributed by atoms with van der Waals surface area (Å²) < 4.78 is 0.881. The number of allylic oxidation sites excluding steroid dienone is 1. The summed E-state index contributed by atoms with van der Waals surface area (Å²) in [6, 6.07) is 5.30. The Bertz CT molecular complexity index is 272. The molecule has 0 saturated carbocycles. The van der Waals surface area contributed by atoms with Crippen molar-refractivity contribution in [2.45, 2.75) is 6.42 Å². The molecule has 0 amide bonds. The highest BCUT2D eigenvalue weighted by Gasteiger charge is 1.93. The number of phenols is 1. The average Bonchev–Trinajstić information content (AvgIpc) is 1.99. The van der Waals surface area contributed by atoms with Crippen molar-refractivity contribution in [1.82, 2.24) is 0 Å². The molecule has 1 radical (unpaired) electrons. The predicted octanol–water partition coefficient (Wildman–Crippen LogP) is 3.39. The molecule has 0 aromatic heterocycles. The SMILES string of the molecule is [CH2]CC=Cc1cc(O)cc(Br)c1. The van der Waals surface area contributed by atoms with Crippen LogP contribution < -0.4 is 0 Å². The highest BCUT2D eigenvalue weighted by atomic mass is 79.9. The molecular formula is C10H10BrO. The van der Waals surface area contributed by atoms with E-state index in [0.29, 0.717) is 0 Å². The highest BCUT2D eigenvalue weighted by Crippen LogP contribution is 2.20. The maximum absolute atomic E-state index is 9.21. The van der Waals surface area contributed by atoms with Crippen LogP contribution in [0.15, 0.2) is 28.7 Å². The molecule has 1 N–H and O–H groups in total. The Balaban J connectivity index is 2.93. The van der Waals surface area contributed by atoms with Crippen molar-refractivity contribution in [3.8, 4) is 5.75 Å². The molecule has 0 bridgehead atoms. The van der Waals surface area contributed by atoms with E-state index in [2.05, 4.69) is 22.9 Å². The lowest BCUT2D eigenvalue weighted by Gasteiger charge is -1.96. The standard InChI is InChI=1S/C10H10BrO/c1-2-3-4-8-5-9(11)7-10(12)6-8/h3-7,12H,1-2H2. The Morgan fingerprint density at radius 3 is 2.75 bits per heavy atom. The zero-order chi connectivity index (χ0) is 8.97. The summed E-state index contributed by atoms with van der Waals surface area (Å²) in [6.07, 6.45) is 4.63. The fourth-order valence-corrected chi connectivity index (χ4v) is 1.41. The molecular weight excluding hydrogens is 216 g/mol. The van der Waals surface area contributed by atoms with Crippen molar-refractivity contribution in [1.29, 1.82) is 0 Å². The minimum atomic E-state index is 0.271. The largest absolute Gasteiger partial charge is 0.508 e. The number of halogens is 1. The molecule has 1 aromatic carbocycles. The van der Waals surface area contributed by atoms with Crippen LogP contribution in [0, 0.1) is 6.92 Å². The first-order valence-corrected chi connectivity index (χ1v) is 4.47. The molecule has 0 fully saturated rings. The molecule has 12 heavy (non-hydrogen) atoms. The minimum Gasteiger partial charge on any atom is -0.508 e. The Hall–Kier alpha value is -0.760. The molecule has 1 rings (SSSR count). The molecule has 0 saturated heterocycles. The van der Waals surface area contributed by atoms with Gasteiger partial charge in [0.2, 0.25) is 0 Å². The van der Waals surface area contributed by atoms with Crippen LogP contribution in [0.1, 0.15) is 12.0 Å². The van der Waals surface area contributed by atoms with Gasteiger partial charge in [-0.2, -0.15) is 0 Å². The molecule has 63 valence electrons. The lowest BCUT2D eigenvalue weighted by atomic mass is 10.2. The third-order valence-electron chi connectivity index (χ3n) is 1.38. The third kappa shape index (κ3) is 2.70. The van der Waals surface area contributed by atoms with Crippen LogP contribution in [0.2, 0.25) is 0 Å². The van der Waals surface area contributed by atoms with E-state index in [4.69, 9.17) is 0 Å². The van der Waals surface area contributed by atoms with Gasteiger partial charge in [-0.05, 0) is 37.1 Å². The Morgan fingerprint density at radius 1 is 1.42 bits per heavy atom. The summed E-state index contributed by atoms with van der Waals surface area (Å²) in [5, 5.41) is 9.21. The van der Waals surface area contributed by atoms with Gasteiger partial charge in [-0.25, -0.2) is 0 Å². The van der Waals surface area contributed by atoms with E-state index in [9.17, 15) is 5.11 Å². The van der Waals surface area contributed by atoms with Crippen molar-refractivity contribution in [3.63, 3.8) is 0 Å². The molecule has 0 aliphatic heterocycles. The minimum absolute atomic E-state index is 0.271. The number of hydrogen-bond donors (Lipinski definition) is 1. The number of rotatable bonds is 2. The van der Waals surface area contributed by atoms with E-state index < -0.39 is 0 Å². The van der Waals surface area contributed by atoms with Crippen LogP contribution in [0.4, 0.5) is 0 Å². The van der Waals surface area contributed by atoms with Gasteiger partial charge in [0.15, 0.2) is 0 Å². The van der Waals surface area contributed by atoms with Gasteiger partial charge in [0.25, 0.3) is 0 Å². The number of hydrogen-bond acceptors (Lipinski definition) is 1. The van der Waals surface area contributed by atoms with Crippen LogP contribution in [0.25, 0.3) is 6.08 Å². The Labute approximate surface area is 80.9 Å². The van der Waals surface area contributed by atoms with Gasteiger partial charge in [-0.3, -0.25) is 0 Å². The first-order chi connectivity index (χ1) is 5.72. The second-order valence-electron chi connectivity index (χ2n) is 2.43. The van der Waals surface area contributed by atoms with Crippen molar-refractivity contribution in [3.05, 3.63) is 41.2 Å². The molecule has 1 aromatic rings. The fourth-order valence-electron chi connectivity index (χ4n) is 0.912. The lowest BCUT2D eigenvalue weighted by Crippen LogP contribution is -1.72. The van der Waals surface area contributed by atoms with Crippen molar-refractivity contribution in [2.24, 2.45) is 0 Å². The number of aromatic hydroxyl groups is 1. The average molecular weight is 226 g/mol. The molecule has 0 unspecified atom stereocenters. The van der Waals surface area contributed by atoms with Crippen LogP contribution in [0.3, 0.4) is 0 Å². The highest BCUT2D eigenvalue weighted by molar-refractivity contribution is 9.10. The monoisotopic (exact) mass is 225 g/mol. The van der Waals surface area contributed by atoms with E-state index in [1.165, 1.54) is 0 Å². The molecule has 0 aliphatic rings. The summed E-state index contributed by atoms with van der Waals surface area (Å²) in [4.78, 5) is 0. The van der Waals surface area contributed by atoms with E-state index in [0.717, 1.165) is 16.5 Å². The summed E-state index contributed by atoms with van der Waals surface area (Å²) >= 11 is 3.30. The summed E-state index contributed by atoms with van der Waals surface area (Å²) in [5.41, 5.74) is 0.977. The van der Waals surface area contributed by atoms with Crippen LogP contribution in [-0.4, -0.2) is 5.11 Å². The van der Waals surface area contributed by atoms with E-state index >= 15 is 0 Å². The summed E-state index contributed by atoms with van der Waals surface area (Å²) in [7, 11) is 0. The molecule has 0 spiro atoms. The van der Waals surface area contributed by atoms with Gasteiger partial charge >= 0.3 is 0 Å². The van der Waals surface area contributed by atoms with Gasteiger partial charge in [0.05, 0.1) is 0 Å². The van der Waals surface area contributed by atoms with Crippen LogP contribution >= 0.6 is 15.9 Å². The van der Waals surface area contributed by atoms with Gasteiger partial charge in [-0.1, -0.05) is 28.1 Å². The van der Waals surface area contributed by atoms with Crippen molar-refractivity contribution in [2.75, 3.05) is 0 Å². The molecule has 0 aliphatic carbocycles. The third-order valence-corrected chi connectivity index (χ3v) is 1.84. The molecule has 0 heterocycles. The maximum atomic E-state index is 9.21. The maximum Gasteiger partial charge on any atom is 0.117 e.